The van der Waals surface area contributed by atoms with E-state index in [-0.39, 0.29) is 11.8 Å². The number of benzene rings is 2. The molecule has 6 nitrogen and oxygen atoms in total. The summed E-state index contributed by atoms with van der Waals surface area (Å²) in [6.45, 7) is 5.44. The highest BCUT2D eigenvalue weighted by atomic mass is 32.1. The zero-order valence-corrected chi connectivity index (χ0v) is 18.2. The van der Waals surface area contributed by atoms with Gasteiger partial charge in [0.15, 0.2) is 0 Å². The van der Waals surface area contributed by atoms with Gasteiger partial charge in [0.1, 0.15) is 5.75 Å². The van der Waals surface area contributed by atoms with Gasteiger partial charge in [-0.25, -0.2) is 0 Å². The number of carbonyl (C=O) groups excluding carboxylic acids is 2. The maximum Gasteiger partial charge on any atom is 0.264 e. The van der Waals surface area contributed by atoms with Crippen molar-refractivity contribution in [3.8, 4) is 5.75 Å². The standard InChI is InChI=1S/C24H25N3O3S/c1-2-30-21-6-3-5-18(17-21)23(28)25-19-8-10-20(11-9-19)26-12-14-27(15-13-26)24(29)22-7-4-16-31-22/h3-11,16-17H,2,12-15H2,1H3,(H,25,28). The van der Waals surface area contributed by atoms with Crippen LogP contribution in [0.15, 0.2) is 66.0 Å². The van der Waals surface area contributed by atoms with E-state index in [0.29, 0.717) is 31.0 Å². The third-order valence-corrected chi connectivity index (χ3v) is 6.05. The lowest BCUT2D eigenvalue weighted by Gasteiger charge is -2.36. The Morgan fingerprint density at radius 3 is 2.45 bits per heavy atom. The first-order valence-electron chi connectivity index (χ1n) is 10.4. The molecule has 0 unspecified atom stereocenters. The van der Waals surface area contributed by atoms with Gasteiger partial charge in [-0.3, -0.25) is 9.59 Å². The van der Waals surface area contributed by atoms with Gasteiger partial charge < -0.3 is 19.9 Å². The largest absolute Gasteiger partial charge is 0.494 e. The first-order valence-corrected chi connectivity index (χ1v) is 11.2. The topological polar surface area (TPSA) is 61.9 Å². The van der Waals surface area contributed by atoms with Crippen molar-refractivity contribution < 1.29 is 14.3 Å². The number of nitrogens with zero attached hydrogens (tertiary/aromatic N) is 2. The number of thiophene rings is 1. The first-order chi connectivity index (χ1) is 15.1. The fourth-order valence-corrected chi connectivity index (χ4v) is 4.27. The fraction of sp³-hybridized carbons (Fsp3) is 0.250. The van der Waals surface area contributed by atoms with E-state index in [0.717, 1.165) is 29.3 Å². The van der Waals surface area contributed by atoms with Gasteiger partial charge in [0.05, 0.1) is 11.5 Å². The lowest BCUT2D eigenvalue weighted by Crippen LogP contribution is -2.48. The number of nitrogens with one attached hydrogen (secondary N) is 1. The summed E-state index contributed by atoms with van der Waals surface area (Å²) in [5, 5.41) is 4.86. The fourth-order valence-electron chi connectivity index (χ4n) is 3.58. The molecule has 7 heteroatoms. The lowest BCUT2D eigenvalue weighted by atomic mass is 10.2. The second-order valence-electron chi connectivity index (χ2n) is 7.22. The first kappa shape index (κ1) is 20.9. The lowest BCUT2D eigenvalue weighted by molar-refractivity contribution is 0.0751. The zero-order chi connectivity index (χ0) is 21.6. The molecule has 0 saturated carbocycles. The van der Waals surface area contributed by atoms with Crippen molar-refractivity contribution in [1.82, 2.24) is 4.90 Å². The van der Waals surface area contributed by atoms with E-state index in [1.807, 2.05) is 65.7 Å². The third kappa shape index (κ3) is 5.06. The minimum Gasteiger partial charge on any atom is -0.494 e. The number of piperazine rings is 1. The number of hydrogen-bond donors (Lipinski definition) is 1. The van der Waals surface area contributed by atoms with Gasteiger partial charge in [0.25, 0.3) is 11.8 Å². The summed E-state index contributed by atoms with van der Waals surface area (Å²) in [6.07, 6.45) is 0. The average molecular weight is 436 g/mol. The molecular weight excluding hydrogens is 410 g/mol. The van der Waals surface area contributed by atoms with Gasteiger partial charge in [0.2, 0.25) is 0 Å². The van der Waals surface area contributed by atoms with Gasteiger partial charge in [-0.05, 0) is 60.8 Å². The van der Waals surface area contributed by atoms with Gasteiger partial charge >= 0.3 is 0 Å². The van der Waals surface area contributed by atoms with Gasteiger partial charge in [-0.2, -0.15) is 0 Å². The molecule has 2 aromatic carbocycles. The number of rotatable bonds is 6. The monoisotopic (exact) mass is 435 g/mol. The molecule has 1 N–H and O–H groups in total. The normalized spacial score (nSPS) is 13.7. The van der Waals surface area contributed by atoms with Crippen LogP contribution >= 0.6 is 11.3 Å². The Morgan fingerprint density at radius 2 is 1.77 bits per heavy atom. The van der Waals surface area contributed by atoms with Crippen molar-refractivity contribution in [1.29, 1.82) is 0 Å². The number of ether oxygens (including phenoxy) is 1. The zero-order valence-electron chi connectivity index (χ0n) is 17.4. The smallest absolute Gasteiger partial charge is 0.264 e. The van der Waals surface area contributed by atoms with E-state index in [4.69, 9.17) is 4.74 Å². The predicted molar refractivity (Wildman–Crippen MR) is 124 cm³/mol. The van der Waals surface area contributed by atoms with Crippen LogP contribution in [-0.2, 0) is 0 Å². The van der Waals surface area contributed by atoms with Crippen LogP contribution in [0, 0.1) is 0 Å². The summed E-state index contributed by atoms with van der Waals surface area (Å²) < 4.78 is 5.46. The van der Waals surface area contributed by atoms with Crippen LogP contribution in [0.2, 0.25) is 0 Å². The van der Waals surface area contributed by atoms with Crippen molar-refractivity contribution in [3.05, 3.63) is 76.5 Å². The molecule has 4 rings (SSSR count). The van der Waals surface area contributed by atoms with Crippen LogP contribution in [-0.4, -0.2) is 49.5 Å². The van der Waals surface area contributed by atoms with E-state index in [1.165, 1.54) is 11.3 Å². The van der Waals surface area contributed by atoms with Crippen LogP contribution in [0.5, 0.6) is 5.75 Å². The van der Waals surface area contributed by atoms with E-state index >= 15 is 0 Å². The van der Waals surface area contributed by atoms with Crippen LogP contribution in [0.4, 0.5) is 11.4 Å². The minimum atomic E-state index is -0.171. The van der Waals surface area contributed by atoms with Gasteiger partial charge in [0, 0.05) is 43.1 Å². The van der Waals surface area contributed by atoms with Crippen LogP contribution in [0.1, 0.15) is 27.0 Å². The summed E-state index contributed by atoms with van der Waals surface area (Å²) in [4.78, 5) is 30.0. The summed E-state index contributed by atoms with van der Waals surface area (Å²) in [5.74, 6) is 0.623. The third-order valence-electron chi connectivity index (χ3n) is 5.20. The molecule has 2 amide bonds. The van der Waals surface area contributed by atoms with Crippen molar-refractivity contribution in [3.63, 3.8) is 0 Å². The van der Waals surface area contributed by atoms with E-state index in [1.54, 1.807) is 12.1 Å². The molecule has 0 atom stereocenters. The molecule has 1 fully saturated rings. The second-order valence-corrected chi connectivity index (χ2v) is 8.17. The van der Waals surface area contributed by atoms with Gasteiger partial charge in [-0.15, -0.1) is 11.3 Å². The highest BCUT2D eigenvalue weighted by Gasteiger charge is 2.22. The highest BCUT2D eigenvalue weighted by Crippen LogP contribution is 2.22. The molecule has 160 valence electrons. The van der Waals surface area contributed by atoms with Crippen molar-refractivity contribution in [2.24, 2.45) is 0 Å². The van der Waals surface area contributed by atoms with E-state index in [2.05, 4.69) is 10.2 Å². The molecule has 0 bridgehead atoms. The Balaban J connectivity index is 1.33. The molecule has 0 radical (unpaired) electrons. The van der Waals surface area contributed by atoms with Crippen LogP contribution in [0.25, 0.3) is 0 Å². The molecule has 0 aliphatic carbocycles. The number of amides is 2. The Morgan fingerprint density at radius 1 is 1.00 bits per heavy atom. The quantitative estimate of drug-likeness (QED) is 0.625. The molecule has 3 aromatic rings. The molecule has 2 heterocycles. The Hall–Kier alpha value is -3.32. The maximum absolute atomic E-state index is 12.5. The molecule has 31 heavy (non-hydrogen) atoms. The summed E-state index contributed by atoms with van der Waals surface area (Å²) >= 11 is 1.48. The minimum absolute atomic E-state index is 0.112. The number of anilines is 2. The second kappa shape index (κ2) is 9.66. The summed E-state index contributed by atoms with van der Waals surface area (Å²) in [6, 6.07) is 18.8. The number of hydrogen-bond acceptors (Lipinski definition) is 5. The maximum atomic E-state index is 12.5. The van der Waals surface area contributed by atoms with E-state index < -0.39 is 0 Å². The highest BCUT2D eigenvalue weighted by molar-refractivity contribution is 7.12. The predicted octanol–water partition coefficient (Wildman–Crippen LogP) is 4.36. The number of carbonyl (C=O) groups is 2. The van der Waals surface area contributed by atoms with Crippen molar-refractivity contribution in [2.45, 2.75) is 6.92 Å². The summed E-state index contributed by atoms with van der Waals surface area (Å²) in [7, 11) is 0. The Bertz CT molecular complexity index is 1030. The Kier molecular flexibility index (Phi) is 6.52. The molecule has 1 aliphatic rings. The SMILES string of the molecule is CCOc1cccc(C(=O)Nc2ccc(N3CCN(C(=O)c4cccs4)CC3)cc2)c1. The summed E-state index contributed by atoms with van der Waals surface area (Å²) in [5.41, 5.74) is 2.38. The molecule has 1 aromatic heterocycles. The average Bonchev–Trinajstić information content (AvgIpc) is 3.35. The Labute approximate surface area is 186 Å². The molecule has 1 saturated heterocycles. The molecule has 1 aliphatic heterocycles. The van der Waals surface area contributed by atoms with Gasteiger partial charge in [-0.1, -0.05) is 12.1 Å². The van der Waals surface area contributed by atoms with E-state index in [9.17, 15) is 9.59 Å². The van der Waals surface area contributed by atoms with Crippen LogP contribution in [0.3, 0.4) is 0 Å². The van der Waals surface area contributed by atoms with Crippen LogP contribution < -0.4 is 15.0 Å². The molecule has 0 spiro atoms. The molecular formula is C24H25N3O3S. The van der Waals surface area contributed by atoms with Crippen molar-refractivity contribution in [2.75, 3.05) is 43.0 Å². The van der Waals surface area contributed by atoms with Crippen molar-refractivity contribution >= 4 is 34.5 Å².